The molecule has 1 aliphatic rings. The number of carbonyl (C=O) groups excluding carboxylic acids is 1. The van der Waals surface area contributed by atoms with Gasteiger partial charge in [-0.05, 0) is 18.4 Å². The van der Waals surface area contributed by atoms with Crippen LogP contribution in [0.4, 0.5) is 5.13 Å². The first-order chi connectivity index (χ1) is 10.8. The first-order valence-corrected chi connectivity index (χ1v) is 8.51. The largest absolute Gasteiger partial charge is 0.360 e. The molecule has 0 aliphatic heterocycles. The Labute approximate surface area is 134 Å². The Bertz CT molecular complexity index is 594. The zero-order valence-corrected chi connectivity index (χ0v) is 13.5. The second-order valence-corrected chi connectivity index (χ2v) is 6.42. The number of ether oxygens (including phenoxy) is 1. The van der Waals surface area contributed by atoms with Crippen molar-refractivity contribution in [3.8, 4) is 0 Å². The second-order valence-electron chi connectivity index (χ2n) is 5.55. The molecule has 22 heavy (non-hydrogen) atoms. The van der Waals surface area contributed by atoms with Crippen LogP contribution in [0.25, 0.3) is 0 Å². The molecule has 0 bridgehead atoms. The van der Waals surface area contributed by atoms with E-state index >= 15 is 0 Å². The number of benzene rings is 1. The summed E-state index contributed by atoms with van der Waals surface area (Å²) < 4.78 is 6.16. The number of likely N-dealkylation sites (N-methyl/N-ethyl adjacent to an activating group) is 1. The van der Waals surface area contributed by atoms with Crippen LogP contribution in [0.3, 0.4) is 0 Å². The number of nitrogens with zero attached hydrogens (tertiary/aromatic N) is 2. The van der Waals surface area contributed by atoms with E-state index < -0.39 is 6.10 Å². The quantitative estimate of drug-likeness (QED) is 0.842. The second kappa shape index (κ2) is 7.03. The lowest BCUT2D eigenvalue weighted by Gasteiger charge is -2.25. The van der Waals surface area contributed by atoms with Crippen LogP contribution in [-0.2, 0) is 9.53 Å². The van der Waals surface area contributed by atoms with Crippen molar-refractivity contribution in [3.05, 3.63) is 47.5 Å². The van der Waals surface area contributed by atoms with Crippen LogP contribution in [0.5, 0.6) is 0 Å². The Morgan fingerprint density at radius 2 is 2.05 bits per heavy atom. The molecular weight excluding hydrogens is 296 g/mol. The molecular formula is C17H20N2O2S. The molecule has 0 unspecified atom stereocenters. The van der Waals surface area contributed by atoms with Gasteiger partial charge >= 0.3 is 0 Å². The molecule has 1 aliphatic carbocycles. The van der Waals surface area contributed by atoms with Gasteiger partial charge in [-0.25, -0.2) is 4.98 Å². The van der Waals surface area contributed by atoms with Crippen molar-refractivity contribution >= 4 is 22.4 Å². The van der Waals surface area contributed by atoms with E-state index in [4.69, 9.17) is 4.74 Å². The summed E-state index contributed by atoms with van der Waals surface area (Å²) in [5, 5.41) is 2.56. The smallest absolute Gasteiger partial charge is 0.262 e. The van der Waals surface area contributed by atoms with Crippen LogP contribution in [0.1, 0.15) is 37.4 Å². The third-order valence-electron chi connectivity index (χ3n) is 3.99. The zero-order valence-electron chi connectivity index (χ0n) is 12.6. The van der Waals surface area contributed by atoms with Gasteiger partial charge in [0.15, 0.2) is 11.2 Å². The van der Waals surface area contributed by atoms with E-state index in [9.17, 15) is 4.79 Å². The van der Waals surface area contributed by atoms with E-state index in [1.54, 1.807) is 18.1 Å². The number of aromatic nitrogens is 1. The fraction of sp³-hybridized carbons (Fsp3) is 0.412. The summed E-state index contributed by atoms with van der Waals surface area (Å²) in [4.78, 5) is 18.7. The molecule has 1 fully saturated rings. The third kappa shape index (κ3) is 3.36. The minimum atomic E-state index is -0.557. The first kappa shape index (κ1) is 15.2. The minimum Gasteiger partial charge on any atom is -0.360 e. The average Bonchev–Trinajstić information content (AvgIpc) is 3.25. The number of carbonyl (C=O) groups is 1. The highest BCUT2D eigenvalue weighted by Crippen LogP contribution is 2.30. The lowest BCUT2D eigenvalue weighted by molar-refractivity contribution is -0.134. The highest BCUT2D eigenvalue weighted by Gasteiger charge is 2.30. The summed E-state index contributed by atoms with van der Waals surface area (Å²) in [5.41, 5.74) is 0.905. The van der Waals surface area contributed by atoms with Gasteiger partial charge in [-0.15, -0.1) is 11.3 Å². The lowest BCUT2D eigenvalue weighted by Crippen LogP contribution is -2.34. The van der Waals surface area contributed by atoms with Gasteiger partial charge in [-0.2, -0.15) is 0 Å². The molecule has 116 valence electrons. The predicted molar refractivity (Wildman–Crippen MR) is 88.0 cm³/mol. The highest BCUT2D eigenvalue weighted by atomic mass is 32.1. The molecule has 4 nitrogen and oxygen atoms in total. The normalized spacial score (nSPS) is 16.6. The predicted octanol–water partition coefficient (Wildman–Crippen LogP) is 3.81. The average molecular weight is 316 g/mol. The third-order valence-corrected chi connectivity index (χ3v) is 4.84. The number of rotatable bonds is 5. The summed E-state index contributed by atoms with van der Waals surface area (Å²) in [6, 6.07) is 9.74. The molecule has 3 rings (SSSR count). The molecule has 0 N–H and O–H groups in total. The van der Waals surface area contributed by atoms with Gasteiger partial charge in [0, 0.05) is 18.6 Å². The van der Waals surface area contributed by atoms with Gasteiger partial charge in [0.1, 0.15) is 0 Å². The number of anilines is 1. The fourth-order valence-corrected chi connectivity index (χ4v) is 3.39. The molecule has 0 radical (unpaired) electrons. The number of hydrogen-bond acceptors (Lipinski definition) is 4. The van der Waals surface area contributed by atoms with Crippen molar-refractivity contribution in [1.82, 2.24) is 4.98 Å². The highest BCUT2D eigenvalue weighted by molar-refractivity contribution is 7.13. The Hall–Kier alpha value is -1.72. The van der Waals surface area contributed by atoms with Crippen LogP contribution in [0.2, 0.25) is 0 Å². The Balaban J connectivity index is 1.82. The minimum absolute atomic E-state index is 0.0620. The van der Waals surface area contributed by atoms with Gasteiger partial charge in [0.2, 0.25) is 0 Å². The molecule has 0 spiro atoms. The summed E-state index contributed by atoms with van der Waals surface area (Å²) in [6.07, 6.45) is 5.77. The summed E-state index contributed by atoms with van der Waals surface area (Å²) >= 11 is 1.45. The maximum atomic E-state index is 12.9. The number of hydrogen-bond donors (Lipinski definition) is 0. The van der Waals surface area contributed by atoms with E-state index in [1.165, 1.54) is 24.2 Å². The molecule has 2 aromatic rings. The van der Waals surface area contributed by atoms with Crippen LogP contribution in [0.15, 0.2) is 41.9 Å². The van der Waals surface area contributed by atoms with E-state index in [0.29, 0.717) is 5.13 Å². The van der Waals surface area contributed by atoms with Crippen molar-refractivity contribution in [2.24, 2.45) is 0 Å². The van der Waals surface area contributed by atoms with Crippen molar-refractivity contribution in [2.45, 2.75) is 37.9 Å². The van der Waals surface area contributed by atoms with E-state index in [2.05, 4.69) is 4.98 Å². The van der Waals surface area contributed by atoms with E-state index in [1.807, 2.05) is 35.7 Å². The molecule has 0 saturated heterocycles. The molecule has 1 saturated carbocycles. The molecule has 1 amide bonds. The van der Waals surface area contributed by atoms with Gasteiger partial charge in [-0.1, -0.05) is 43.2 Å². The zero-order chi connectivity index (χ0) is 15.4. The maximum absolute atomic E-state index is 12.9. The molecule has 1 aromatic carbocycles. The summed E-state index contributed by atoms with van der Waals surface area (Å²) in [5.74, 6) is -0.0620. The molecule has 1 aromatic heterocycles. The SMILES string of the molecule is CN(C(=O)[C@@H](OC1CCCC1)c1ccccc1)c1nccs1. The van der Waals surface area contributed by atoms with Gasteiger partial charge in [0.05, 0.1) is 6.10 Å². The van der Waals surface area contributed by atoms with E-state index in [0.717, 1.165) is 18.4 Å². The van der Waals surface area contributed by atoms with Crippen molar-refractivity contribution in [3.63, 3.8) is 0 Å². The maximum Gasteiger partial charge on any atom is 0.262 e. The fourth-order valence-electron chi connectivity index (χ4n) is 2.78. The Kier molecular flexibility index (Phi) is 4.85. The van der Waals surface area contributed by atoms with Crippen LogP contribution < -0.4 is 4.90 Å². The van der Waals surface area contributed by atoms with Crippen LogP contribution in [0, 0.1) is 0 Å². The van der Waals surface area contributed by atoms with Crippen LogP contribution in [-0.4, -0.2) is 24.0 Å². The van der Waals surface area contributed by atoms with Crippen LogP contribution >= 0.6 is 11.3 Å². The van der Waals surface area contributed by atoms with Crippen molar-refractivity contribution in [2.75, 3.05) is 11.9 Å². The van der Waals surface area contributed by atoms with Gasteiger partial charge in [-0.3, -0.25) is 9.69 Å². The first-order valence-electron chi connectivity index (χ1n) is 7.63. The monoisotopic (exact) mass is 316 g/mol. The van der Waals surface area contributed by atoms with Gasteiger partial charge < -0.3 is 4.74 Å². The molecule has 1 atom stereocenters. The lowest BCUT2D eigenvalue weighted by atomic mass is 10.1. The summed E-state index contributed by atoms with van der Waals surface area (Å²) in [6.45, 7) is 0. The molecule has 5 heteroatoms. The Morgan fingerprint density at radius 3 is 2.68 bits per heavy atom. The topological polar surface area (TPSA) is 42.4 Å². The molecule has 1 heterocycles. The number of thiazole rings is 1. The summed E-state index contributed by atoms with van der Waals surface area (Å²) in [7, 11) is 1.76. The van der Waals surface area contributed by atoms with Crippen molar-refractivity contribution in [1.29, 1.82) is 0 Å². The standard InChI is InChI=1S/C17H20N2O2S/c1-19(17-18-11-12-22-17)16(20)15(13-7-3-2-4-8-13)21-14-9-5-6-10-14/h2-4,7-8,11-12,14-15H,5-6,9-10H2,1H3/t15-/m0/s1. The van der Waals surface area contributed by atoms with E-state index in [-0.39, 0.29) is 12.0 Å². The number of amides is 1. The van der Waals surface area contributed by atoms with Gasteiger partial charge in [0.25, 0.3) is 5.91 Å². The Morgan fingerprint density at radius 1 is 1.32 bits per heavy atom. The van der Waals surface area contributed by atoms with Crippen molar-refractivity contribution < 1.29 is 9.53 Å².